The number of rotatable bonds is 6. The van der Waals surface area contributed by atoms with Crippen molar-refractivity contribution in [1.82, 2.24) is 10.6 Å². The molecule has 2 rings (SSSR count). The molecule has 1 fully saturated rings. The van der Waals surface area contributed by atoms with Crippen molar-refractivity contribution in [3.63, 3.8) is 0 Å². The summed E-state index contributed by atoms with van der Waals surface area (Å²) in [5, 5.41) is 6.27. The van der Waals surface area contributed by atoms with Gasteiger partial charge in [-0.1, -0.05) is 25.5 Å². The highest BCUT2D eigenvalue weighted by Gasteiger charge is 2.45. The predicted molar refractivity (Wildman–Crippen MR) is 78.1 cm³/mol. The van der Waals surface area contributed by atoms with E-state index < -0.39 is 5.41 Å². The Hall–Kier alpha value is -1.42. The van der Waals surface area contributed by atoms with Gasteiger partial charge in [0.2, 0.25) is 5.91 Å². The maximum absolute atomic E-state index is 13.4. The average Bonchev–Trinajstić information content (AvgIpc) is 2.35. The molecule has 110 valence electrons. The molecular formula is C16H23FN2O. The van der Waals surface area contributed by atoms with Crippen molar-refractivity contribution in [2.75, 3.05) is 13.1 Å². The topological polar surface area (TPSA) is 41.1 Å². The van der Waals surface area contributed by atoms with Crippen LogP contribution in [0.1, 0.15) is 38.7 Å². The number of hydrogen-bond donors (Lipinski definition) is 2. The molecule has 3 nitrogen and oxygen atoms in total. The Morgan fingerprint density at radius 1 is 1.45 bits per heavy atom. The van der Waals surface area contributed by atoms with E-state index in [1.54, 1.807) is 6.07 Å². The summed E-state index contributed by atoms with van der Waals surface area (Å²) < 4.78 is 13.4. The Labute approximate surface area is 120 Å². The van der Waals surface area contributed by atoms with Crippen LogP contribution in [0.3, 0.4) is 0 Å². The first kappa shape index (κ1) is 15.0. The van der Waals surface area contributed by atoms with Gasteiger partial charge in [-0.3, -0.25) is 4.79 Å². The smallest absolute Gasteiger partial charge is 0.230 e. The molecule has 1 aromatic carbocycles. The zero-order valence-electron chi connectivity index (χ0n) is 12.2. The molecule has 2 N–H and O–H groups in total. The molecule has 20 heavy (non-hydrogen) atoms. The van der Waals surface area contributed by atoms with Crippen LogP contribution in [0, 0.1) is 5.82 Å². The van der Waals surface area contributed by atoms with Crippen molar-refractivity contribution >= 4 is 5.91 Å². The van der Waals surface area contributed by atoms with Gasteiger partial charge in [-0.25, -0.2) is 4.39 Å². The van der Waals surface area contributed by atoms with Crippen LogP contribution in [-0.4, -0.2) is 25.0 Å². The Balaban J connectivity index is 2.05. The largest absolute Gasteiger partial charge is 0.354 e. The van der Waals surface area contributed by atoms with E-state index >= 15 is 0 Å². The van der Waals surface area contributed by atoms with Crippen LogP contribution in [0.2, 0.25) is 0 Å². The van der Waals surface area contributed by atoms with Crippen molar-refractivity contribution in [2.24, 2.45) is 0 Å². The molecule has 1 aliphatic carbocycles. The predicted octanol–water partition coefficient (Wildman–Crippen LogP) is 2.36. The molecule has 1 amide bonds. The molecule has 1 aromatic rings. The number of carbonyl (C=O) groups is 1. The Morgan fingerprint density at radius 3 is 2.75 bits per heavy atom. The second-order valence-electron chi connectivity index (χ2n) is 5.61. The monoisotopic (exact) mass is 278 g/mol. The molecule has 1 aliphatic rings. The van der Waals surface area contributed by atoms with Crippen LogP contribution in [0.5, 0.6) is 0 Å². The van der Waals surface area contributed by atoms with Crippen molar-refractivity contribution < 1.29 is 9.18 Å². The second-order valence-corrected chi connectivity index (χ2v) is 5.61. The van der Waals surface area contributed by atoms with Gasteiger partial charge in [-0.15, -0.1) is 0 Å². The molecule has 1 saturated carbocycles. The third-order valence-corrected chi connectivity index (χ3v) is 4.14. The van der Waals surface area contributed by atoms with Crippen LogP contribution < -0.4 is 10.6 Å². The van der Waals surface area contributed by atoms with Gasteiger partial charge in [-0.2, -0.15) is 0 Å². The lowest BCUT2D eigenvalue weighted by Crippen LogP contribution is -2.51. The number of halogens is 1. The van der Waals surface area contributed by atoms with E-state index in [1.165, 1.54) is 12.1 Å². The third kappa shape index (κ3) is 3.01. The minimum atomic E-state index is -0.520. The molecule has 1 atom stereocenters. The van der Waals surface area contributed by atoms with Gasteiger partial charge in [0.1, 0.15) is 5.82 Å². The van der Waals surface area contributed by atoms with Crippen molar-refractivity contribution in [1.29, 1.82) is 0 Å². The maximum Gasteiger partial charge on any atom is 0.230 e. The molecular weight excluding hydrogens is 255 g/mol. The van der Waals surface area contributed by atoms with Crippen LogP contribution in [0.25, 0.3) is 0 Å². The van der Waals surface area contributed by atoms with Crippen molar-refractivity contribution in [2.45, 2.75) is 44.6 Å². The van der Waals surface area contributed by atoms with E-state index in [4.69, 9.17) is 0 Å². The zero-order valence-corrected chi connectivity index (χ0v) is 12.2. The summed E-state index contributed by atoms with van der Waals surface area (Å²) in [6.45, 7) is 5.56. The van der Waals surface area contributed by atoms with E-state index in [1.807, 2.05) is 19.9 Å². The first-order valence-corrected chi connectivity index (χ1v) is 7.36. The van der Waals surface area contributed by atoms with Crippen molar-refractivity contribution in [3.8, 4) is 0 Å². The normalized spacial score (nSPS) is 18.1. The van der Waals surface area contributed by atoms with Gasteiger partial charge >= 0.3 is 0 Å². The summed E-state index contributed by atoms with van der Waals surface area (Å²) in [4.78, 5) is 12.5. The van der Waals surface area contributed by atoms with Crippen LogP contribution in [0.4, 0.5) is 4.39 Å². The first-order chi connectivity index (χ1) is 9.58. The third-order valence-electron chi connectivity index (χ3n) is 4.14. The minimum absolute atomic E-state index is 0.0269. The van der Waals surface area contributed by atoms with Crippen LogP contribution >= 0.6 is 0 Å². The minimum Gasteiger partial charge on any atom is -0.354 e. The Bertz CT molecular complexity index is 471. The molecule has 0 heterocycles. The fourth-order valence-electron chi connectivity index (χ4n) is 2.80. The highest BCUT2D eigenvalue weighted by Crippen LogP contribution is 2.44. The van der Waals surface area contributed by atoms with Crippen LogP contribution in [0.15, 0.2) is 24.3 Å². The van der Waals surface area contributed by atoms with E-state index in [9.17, 15) is 9.18 Å². The van der Waals surface area contributed by atoms with Gasteiger partial charge in [-0.05, 0) is 44.0 Å². The van der Waals surface area contributed by atoms with Crippen molar-refractivity contribution in [3.05, 3.63) is 35.6 Å². The summed E-state index contributed by atoms with van der Waals surface area (Å²) in [6.07, 6.45) is 2.63. The summed E-state index contributed by atoms with van der Waals surface area (Å²) in [5.41, 5.74) is 0.283. The summed E-state index contributed by atoms with van der Waals surface area (Å²) >= 11 is 0. The molecule has 0 saturated heterocycles. The quantitative estimate of drug-likeness (QED) is 0.838. The molecule has 0 unspecified atom stereocenters. The summed E-state index contributed by atoms with van der Waals surface area (Å²) in [7, 11) is 0. The number of benzene rings is 1. The first-order valence-electron chi connectivity index (χ1n) is 7.36. The molecule has 0 bridgehead atoms. The molecule has 0 spiro atoms. The molecule has 0 aromatic heterocycles. The molecule has 0 radical (unpaired) electrons. The average molecular weight is 278 g/mol. The maximum atomic E-state index is 13.4. The van der Waals surface area contributed by atoms with Gasteiger partial charge in [0.05, 0.1) is 5.41 Å². The fourth-order valence-corrected chi connectivity index (χ4v) is 2.80. The Morgan fingerprint density at radius 2 is 2.20 bits per heavy atom. The standard InChI is InChI=1S/C16H23FN2O/c1-3-18-12(2)11-19-15(20)16(8-5-9-16)13-6-4-7-14(17)10-13/h4,6-7,10,12,18H,3,5,8-9,11H2,1-2H3,(H,19,20)/t12-/m1/s1. The second kappa shape index (κ2) is 6.35. The lowest BCUT2D eigenvalue weighted by molar-refractivity contribution is -0.130. The van der Waals surface area contributed by atoms with Gasteiger partial charge < -0.3 is 10.6 Å². The number of nitrogens with one attached hydrogen (secondary N) is 2. The highest BCUT2D eigenvalue weighted by molar-refractivity contribution is 5.89. The Kier molecular flexibility index (Phi) is 4.76. The van der Waals surface area contributed by atoms with E-state index in [2.05, 4.69) is 10.6 Å². The summed E-state index contributed by atoms with van der Waals surface area (Å²) in [6, 6.07) is 6.69. The SMILES string of the molecule is CCN[C@H](C)CNC(=O)C1(c2cccc(F)c2)CCC1. The lowest BCUT2D eigenvalue weighted by Gasteiger charge is -2.41. The number of carbonyl (C=O) groups excluding carboxylic acids is 1. The fraction of sp³-hybridized carbons (Fsp3) is 0.562. The van der Waals surface area contributed by atoms with E-state index in [0.717, 1.165) is 31.4 Å². The lowest BCUT2D eigenvalue weighted by atomic mass is 9.64. The van der Waals surface area contributed by atoms with E-state index in [0.29, 0.717) is 6.54 Å². The molecule has 0 aliphatic heterocycles. The summed E-state index contributed by atoms with van der Waals surface area (Å²) in [5.74, 6) is -0.248. The number of hydrogen-bond acceptors (Lipinski definition) is 2. The van der Waals surface area contributed by atoms with E-state index in [-0.39, 0.29) is 17.8 Å². The number of amides is 1. The highest BCUT2D eigenvalue weighted by atomic mass is 19.1. The van der Waals surface area contributed by atoms with Gasteiger partial charge in [0.25, 0.3) is 0 Å². The zero-order chi connectivity index (χ0) is 14.6. The molecule has 4 heteroatoms. The van der Waals surface area contributed by atoms with Gasteiger partial charge in [0.15, 0.2) is 0 Å². The van der Waals surface area contributed by atoms with Crippen LogP contribution in [-0.2, 0) is 10.2 Å². The number of likely N-dealkylation sites (N-methyl/N-ethyl adjacent to an activating group) is 1. The van der Waals surface area contributed by atoms with Gasteiger partial charge in [0, 0.05) is 12.6 Å².